The monoisotopic (exact) mass is 432 g/mol. The summed E-state index contributed by atoms with van der Waals surface area (Å²) >= 11 is 0. The number of hydrogen-bond donors (Lipinski definition) is 2. The van der Waals surface area contributed by atoms with Gasteiger partial charge in [-0.25, -0.2) is 4.99 Å². The molecule has 0 heterocycles. The molecule has 2 N–H and O–H groups in total. The molecule has 0 aliphatic rings. The molecule has 23 heavy (non-hydrogen) atoms. The molecule has 1 amide bonds. The molecular weight excluding hydrogens is 403 g/mol. The molecule has 0 saturated carbocycles. The summed E-state index contributed by atoms with van der Waals surface area (Å²) in [5.74, 6) is 0.634. The van der Waals surface area contributed by atoms with E-state index in [2.05, 4.69) is 41.6 Å². The molecule has 0 aliphatic carbocycles. The summed E-state index contributed by atoms with van der Waals surface area (Å²) < 4.78 is 0. The van der Waals surface area contributed by atoms with Crippen molar-refractivity contribution in [1.29, 1.82) is 0 Å². The summed E-state index contributed by atoms with van der Waals surface area (Å²) in [6.07, 6.45) is 0. The zero-order chi connectivity index (χ0) is 16.7. The van der Waals surface area contributed by atoms with E-state index >= 15 is 0 Å². The zero-order valence-corrected chi connectivity index (χ0v) is 17.2. The maximum atomic E-state index is 11.7. The zero-order valence-electron chi connectivity index (χ0n) is 14.9. The van der Waals surface area contributed by atoms with Gasteiger partial charge in [0.15, 0.2) is 5.96 Å². The molecule has 0 radical (unpaired) electrons. The summed E-state index contributed by atoms with van der Waals surface area (Å²) in [7, 11) is 3.47. The van der Waals surface area contributed by atoms with Gasteiger partial charge >= 0.3 is 0 Å². The molecule has 0 fully saturated rings. The quantitative estimate of drug-likeness (QED) is 0.428. The second-order valence-electron chi connectivity index (χ2n) is 5.97. The van der Waals surface area contributed by atoms with Crippen LogP contribution in [0.4, 0.5) is 0 Å². The van der Waals surface area contributed by atoms with Crippen molar-refractivity contribution in [3.8, 4) is 0 Å². The molecule has 1 atom stereocenters. The molecule has 0 aliphatic heterocycles. The summed E-state index contributed by atoms with van der Waals surface area (Å²) in [5, 5.41) is 6.63. The van der Waals surface area contributed by atoms with Crippen molar-refractivity contribution >= 4 is 35.8 Å². The Kier molecular flexibility index (Phi) is 9.87. The van der Waals surface area contributed by atoms with Gasteiger partial charge in [0.2, 0.25) is 5.91 Å². The van der Waals surface area contributed by atoms with Crippen molar-refractivity contribution in [3.63, 3.8) is 0 Å². The third-order valence-electron chi connectivity index (χ3n) is 3.30. The first-order chi connectivity index (χ1) is 10.3. The lowest BCUT2D eigenvalue weighted by atomic mass is 10.0. The average molecular weight is 432 g/mol. The molecule has 6 heteroatoms. The van der Waals surface area contributed by atoms with E-state index in [1.54, 1.807) is 19.0 Å². The number of nitrogens with zero attached hydrogens (tertiary/aromatic N) is 2. The molecule has 5 nitrogen and oxygen atoms in total. The van der Waals surface area contributed by atoms with Gasteiger partial charge in [0.25, 0.3) is 0 Å². The van der Waals surface area contributed by atoms with Crippen LogP contribution in [-0.4, -0.2) is 43.4 Å². The van der Waals surface area contributed by atoms with Gasteiger partial charge < -0.3 is 15.5 Å². The topological polar surface area (TPSA) is 56.7 Å². The molecule has 130 valence electrons. The van der Waals surface area contributed by atoms with Gasteiger partial charge in [-0.15, -0.1) is 24.0 Å². The molecule has 1 aromatic rings. The molecule has 0 saturated heterocycles. The molecular formula is C17H29IN4O. The van der Waals surface area contributed by atoms with Gasteiger partial charge in [-0.05, 0) is 38.8 Å². The number of benzene rings is 1. The van der Waals surface area contributed by atoms with Gasteiger partial charge in [-0.2, -0.15) is 0 Å². The first-order valence-electron chi connectivity index (χ1n) is 7.64. The van der Waals surface area contributed by atoms with Crippen molar-refractivity contribution in [2.45, 2.75) is 39.8 Å². The van der Waals surface area contributed by atoms with Crippen LogP contribution in [-0.2, 0) is 4.79 Å². The summed E-state index contributed by atoms with van der Waals surface area (Å²) in [6.45, 7) is 8.41. The van der Waals surface area contributed by atoms with E-state index in [9.17, 15) is 4.79 Å². The first-order valence-corrected chi connectivity index (χ1v) is 7.64. The highest BCUT2D eigenvalue weighted by Gasteiger charge is 2.11. The minimum atomic E-state index is -0.0200. The van der Waals surface area contributed by atoms with Gasteiger partial charge in [0, 0.05) is 20.1 Å². The van der Waals surface area contributed by atoms with Crippen molar-refractivity contribution in [2.24, 2.45) is 4.99 Å². The van der Waals surface area contributed by atoms with E-state index in [0.717, 1.165) is 0 Å². The molecule has 1 aromatic carbocycles. The number of carbonyl (C=O) groups excluding carboxylic acids is 1. The Morgan fingerprint density at radius 2 is 1.78 bits per heavy atom. The fourth-order valence-corrected chi connectivity index (χ4v) is 2.05. The number of nitrogens with one attached hydrogen (secondary N) is 2. The largest absolute Gasteiger partial charge is 0.354 e. The Labute approximate surface area is 157 Å². The number of guanidine groups is 1. The standard InChI is InChI=1S/C17H28N4O.HI/c1-12(2)19-17(18-11-16(22)21(5)6)20-14(4)15-10-8-7-9-13(15)3;/h7-10,12,14H,11H2,1-6H3,(H2,18,19,20);1H. The number of hydrogen-bond acceptors (Lipinski definition) is 2. The summed E-state index contributed by atoms with van der Waals surface area (Å²) in [4.78, 5) is 17.6. The third-order valence-corrected chi connectivity index (χ3v) is 3.30. The summed E-state index contributed by atoms with van der Waals surface area (Å²) in [6, 6.07) is 8.61. The van der Waals surface area contributed by atoms with Gasteiger partial charge in [0.1, 0.15) is 6.54 Å². The number of carbonyl (C=O) groups is 1. The maximum Gasteiger partial charge on any atom is 0.243 e. The maximum absolute atomic E-state index is 11.7. The lowest BCUT2D eigenvalue weighted by Gasteiger charge is -2.21. The number of aryl methyl sites for hydroxylation is 1. The van der Waals surface area contributed by atoms with Crippen molar-refractivity contribution < 1.29 is 4.79 Å². The second-order valence-corrected chi connectivity index (χ2v) is 5.97. The van der Waals surface area contributed by atoms with Gasteiger partial charge in [-0.1, -0.05) is 24.3 Å². The van der Waals surface area contributed by atoms with Crippen LogP contribution in [0.2, 0.25) is 0 Å². The smallest absolute Gasteiger partial charge is 0.243 e. The molecule has 1 rings (SSSR count). The molecule has 0 bridgehead atoms. The van der Waals surface area contributed by atoms with Gasteiger partial charge in [0.05, 0.1) is 6.04 Å². The average Bonchev–Trinajstić information content (AvgIpc) is 2.43. The highest BCUT2D eigenvalue weighted by Crippen LogP contribution is 2.16. The van der Waals surface area contributed by atoms with Crippen molar-refractivity contribution in [3.05, 3.63) is 35.4 Å². The van der Waals surface area contributed by atoms with Crippen LogP contribution in [0.1, 0.15) is 37.9 Å². The van der Waals surface area contributed by atoms with Crippen LogP contribution in [0, 0.1) is 6.92 Å². The Morgan fingerprint density at radius 3 is 2.30 bits per heavy atom. The van der Waals surface area contributed by atoms with Crippen LogP contribution < -0.4 is 10.6 Å². The highest BCUT2D eigenvalue weighted by molar-refractivity contribution is 14.0. The van der Waals surface area contributed by atoms with E-state index in [1.807, 2.05) is 26.0 Å². The van der Waals surface area contributed by atoms with E-state index in [1.165, 1.54) is 11.1 Å². The van der Waals surface area contributed by atoms with Crippen LogP contribution >= 0.6 is 24.0 Å². The number of aliphatic imine (C=N–C) groups is 1. The minimum Gasteiger partial charge on any atom is -0.354 e. The number of halogens is 1. The highest BCUT2D eigenvalue weighted by atomic mass is 127. The number of amides is 1. The Morgan fingerprint density at radius 1 is 1.17 bits per heavy atom. The van der Waals surface area contributed by atoms with Crippen LogP contribution in [0.5, 0.6) is 0 Å². The van der Waals surface area contributed by atoms with E-state index in [-0.39, 0.29) is 48.5 Å². The first kappa shape index (κ1) is 21.7. The molecule has 1 unspecified atom stereocenters. The normalized spacial score (nSPS) is 12.4. The SMILES string of the molecule is Cc1ccccc1C(C)NC(=NCC(=O)N(C)C)NC(C)C.I. The predicted octanol–water partition coefficient (Wildman–Crippen LogP) is 2.71. The Hall–Kier alpha value is -1.31. The molecule has 0 aromatic heterocycles. The van der Waals surface area contributed by atoms with Gasteiger partial charge in [-0.3, -0.25) is 4.79 Å². The van der Waals surface area contributed by atoms with Crippen molar-refractivity contribution in [2.75, 3.05) is 20.6 Å². The second kappa shape index (κ2) is 10.5. The van der Waals surface area contributed by atoms with Crippen molar-refractivity contribution in [1.82, 2.24) is 15.5 Å². The fraction of sp³-hybridized carbons (Fsp3) is 0.529. The fourth-order valence-electron chi connectivity index (χ4n) is 2.05. The van der Waals surface area contributed by atoms with Crippen LogP contribution in [0.25, 0.3) is 0 Å². The lowest BCUT2D eigenvalue weighted by Crippen LogP contribution is -2.43. The lowest BCUT2D eigenvalue weighted by molar-refractivity contribution is -0.127. The van der Waals surface area contributed by atoms with Crippen LogP contribution in [0.3, 0.4) is 0 Å². The minimum absolute atomic E-state index is 0. The van der Waals surface area contributed by atoms with E-state index in [4.69, 9.17) is 0 Å². The molecule has 0 spiro atoms. The third kappa shape index (κ3) is 7.67. The predicted molar refractivity (Wildman–Crippen MR) is 107 cm³/mol. The number of likely N-dealkylation sites (N-methyl/N-ethyl adjacent to an activating group) is 1. The van der Waals surface area contributed by atoms with Crippen LogP contribution in [0.15, 0.2) is 29.3 Å². The van der Waals surface area contributed by atoms with E-state index in [0.29, 0.717) is 5.96 Å². The number of rotatable bonds is 5. The van der Waals surface area contributed by atoms with E-state index < -0.39 is 0 Å². The Balaban J connectivity index is 0.00000484. The Bertz CT molecular complexity index is 529. The summed E-state index contributed by atoms with van der Waals surface area (Å²) in [5.41, 5.74) is 2.45.